The SMILES string of the molecule is CCCNC(=NCC(C)(O)c1ccccc1)NCCc1ccco1.I. The number of benzene rings is 1. The van der Waals surface area contributed by atoms with Gasteiger partial charge in [-0.05, 0) is 31.0 Å². The summed E-state index contributed by atoms with van der Waals surface area (Å²) in [7, 11) is 0. The monoisotopic (exact) mass is 457 g/mol. The molecule has 25 heavy (non-hydrogen) atoms. The molecule has 0 saturated carbocycles. The molecular formula is C19H28IN3O2. The average Bonchev–Trinajstić information content (AvgIpc) is 3.11. The summed E-state index contributed by atoms with van der Waals surface area (Å²) >= 11 is 0. The highest BCUT2D eigenvalue weighted by molar-refractivity contribution is 14.0. The van der Waals surface area contributed by atoms with Gasteiger partial charge in [0.2, 0.25) is 0 Å². The minimum atomic E-state index is -0.997. The normalized spacial score (nSPS) is 13.6. The van der Waals surface area contributed by atoms with Crippen LogP contribution in [0.2, 0.25) is 0 Å². The number of hydrogen-bond donors (Lipinski definition) is 3. The number of hydrogen-bond acceptors (Lipinski definition) is 3. The largest absolute Gasteiger partial charge is 0.469 e. The minimum absolute atomic E-state index is 0. The van der Waals surface area contributed by atoms with Crippen molar-refractivity contribution >= 4 is 29.9 Å². The zero-order chi connectivity index (χ0) is 17.3. The molecule has 2 rings (SSSR count). The van der Waals surface area contributed by atoms with Gasteiger partial charge in [-0.1, -0.05) is 37.3 Å². The predicted molar refractivity (Wildman–Crippen MR) is 112 cm³/mol. The van der Waals surface area contributed by atoms with Crippen LogP contribution in [0.25, 0.3) is 0 Å². The van der Waals surface area contributed by atoms with E-state index in [-0.39, 0.29) is 30.5 Å². The summed E-state index contributed by atoms with van der Waals surface area (Å²) in [5.74, 6) is 1.65. The number of aliphatic hydroxyl groups is 1. The van der Waals surface area contributed by atoms with Gasteiger partial charge in [-0.25, -0.2) is 4.99 Å². The van der Waals surface area contributed by atoms with Crippen LogP contribution in [0.4, 0.5) is 0 Å². The molecule has 5 nitrogen and oxygen atoms in total. The lowest BCUT2D eigenvalue weighted by molar-refractivity contribution is 0.0672. The Morgan fingerprint density at radius 2 is 1.84 bits per heavy atom. The lowest BCUT2D eigenvalue weighted by atomic mass is 9.96. The number of rotatable bonds is 8. The second-order valence-corrected chi connectivity index (χ2v) is 5.99. The standard InChI is InChI=1S/C19H27N3O2.HI/c1-3-12-20-18(21-13-11-17-10-7-14-24-17)22-15-19(2,23)16-8-5-4-6-9-16;/h4-10,14,23H,3,11-13,15H2,1-2H3,(H2,20,21,22);1H. The lowest BCUT2D eigenvalue weighted by Crippen LogP contribution is -2.40. The molecule has 6 heteroatoms. The maximum Gasteiger partial charge on any atom is 0.191 e. The summed E-state index contributed by atoms with van der Waals surface area (Å²) in [6, 6.07) is 13.5. The molecule has 0 aliphatic rings. The molecule has 0 saturated heterocycles. The van der Waals surface area contributed by atoms with Gasteiger partial charge in [0.05, 0.1) is 12.8 Å². The third kappa shape index (κ3) is 7.48. The Bertz CT molecular complexity index is 613. The Hall–Kier alpha value is -1.54. The summed E-state index contributed by atoms with van der Waals surface area (Å²) in [5.41, 5.74) is -0.137. The molecule has 0 aliphatic heterocycles. The Morgan fingerprint density at radius 1 is 1.12 bits per heavy atom. The minimum Gasteiger partial charge on any atom is -0.469 e. The van der Waals surface area contributed by atoms with E-state index in [1.807, 2.05) is 42.5 Å². The van der Waals surface area contributed by atoms with Gasteiger partial charge in [0.25, 0.3) is 0 Å². The molecule has 0 aliphatic carbocycles. The van der Waals surface area contributed by atoms with Crippen LogP contribution in [-0.2, 0) is 12.0 Å². The summed E-state index contributed by atoms with van der Waals surface area (Å²) in [6.45, 7) is 5.73. The molecule has 0 radical (unpaired) electrons. The molecule has 2 aromatic rings. The van der Waals surface area contributed by atoms with E-state index in [2.05, 4.69) is 22.5 Å². The number of aliphatic imine (C=N–C) groups is 1. The maximum absolute atomic E-state index is 10.7. The highest BCUT2D eigenvalue weighted by Gasteiger charge is 2.22. The first-order valence-electron chi connectivity index (χ1n) is 8.44. The van der Waals surface area contributed by atoms with Crippen LogP contribution in [0.15, 0.2) is 58.1 Å². The fraction of sp³-hybridized carbons (Fsp3) is 0.421. The van der Waals surface area contributed by atoms with Crippen LogP contribution < -0.4 is 10.6 Å². The first kappa shape index (κ1) is 21.5. The molecule has 1 aromatic carbocycles. The van der Waals surface area contributed by atoms with Crippen LogP contribution in [0.3, 0.4) is 0 Å². The van der Waals surface area contributed by atoms with Crippen LogP contribution in [-0.4, -0.2) is 30.7 Å². The quantitative estimate of drug-likeness (QED) is 0.323. The highest BCUT2D eigenvalue weighted by Crippen LogP contribution is 2.20. The number of nitrogens with one attached hydrogen (secondary N) is 2. The molecule has 0 spiro atoms. The number of guanidine groups is 1. The first-order chi connectivity index (χ1) is 11.6. The topological polar surface area (TPSA) is 69.8 Å². The fourth-order valence-electron chi connectivity index (χ4n) is 2.30. The van der Waals surface area contributed by atoms with Gasteiger partial charge in [-0.2, -0.15) is 0 Å². The van der Waals surface area contributed by atoms with Crippen molar-refractivity contribution in [2.75, 3.05) is 19.6 Å². The number of halogens is 1. The van der Waals surface area contributed by atoms with E-state index in [1.165, 1.54) is 0 Å². The van der Waals surface area contributed by atoms with Gasteiger partial charge in [0.1, 0.15) is 11.4 Å². The molecule has 0 amide bonds. The van der Waals surface area contributed by atoms with Crippen molar-refractivity contribution in [2.45, 2.75) is 32.3 Å². The van der Waals surface area contributed by atoms with E-state index >= 15 is 0 Å². The molecule has 0 fully saturated rings. The molecule has 3 N–H and O–H groups in total. The predicted octanol–water partition coefficient (Wildman–Crippen LogP) is 3.29. The molecular weight excluding hydrogens is 429 g/mol. The Kier molecular flexibility index (Phi) is 9.59. The molecule has 138 valence electrons. The van der Waals surface area contributed by atoms with Crippen molar-refractivity contribution in [1.82, 2.24) is 10.6 Å². The average molecular weight is 457 g/mol. The maximum atomic E-state index is 10.7. The van der Waals surface area contributed by atoms with Crippen LogP contribution >= 0.6 is 24.0 Å². The summed E-state index contributed by atoms with van der Waals surface area (Å²) in [5, 5.41) is 17.2. The second kappa shape index (κ2) is 11.1. The van der Waals surface area contributed by atoms with E-state index in [0.29, 0.717) is 5.96 Å². The number of nitrogens with zero attached hydrogens (tertiary/aromatic N) is 1. The van der Waals surface area contributed by atoms with E-state index in [1.54, 1.807) is 13.2 Å². The van der Waals surface area contributed by atoms with Gasteiger partial charge in [0.15, 0.2) is 5.96 Å². The van der Waals surface area contributed by atoms with E-state index in [0.717, 1.165) is 37.3 Å². The van der Waals surface area contributed by atoms with E-state index in [9.17, 15) is 5.11 Å². The molecule has 1 aromatic heterocycles. The van der Waals surface area contributed by atoms with Crippen LogP contribution in [0.5, 0.6) is 0 Å². The van der Waals surface area contributed by atoms with Crippen molar-refractivity contribution in [1.29, 1.82) is 0 Å². The lowest BCUT2D eigenvalue weighted by Gasteiger charge is -2.22. The van der Waals surface area contributed by atoms with Crippen molar-refractivity contribution in [3.63, 3.8) is 0 Å². The van der Waals surface area contributed by atoms with Gasteiger partial charge in [-0.15, -0.1) is 24.0 Å². The van der Waals surface area contributed by atoms with Gasteiger partial charge >= 0.3 is 0 Å². The van der Waals surface area contributed by atoms with Crippen molar-refractivity contribution in [3.05, 3.63) is 60.1 Å². The second-order valence-electron chi connectivity index (χ2n) is 5.99. The smallest absolute Gasteiger partial charge is 0.191 e. The highest BCUT2D eigenvalue weighted by atomic mass is 127. The summed E-state index contributed by atoms with van der Waals surface area (Å²) in [6.07, 6.45) is 3.47. The molecule has 1 heterocycles. The zero-order valence-corrected chi connectivity index (χ0v) is 17.2. The molecule has 1 atom stereocenters. The summed E-state index contributed by atoms with van der Waals surface area (Å²) in [4.78, 5) is 4.54. The first-order valence-corrected chi connectivity index (χ1v) is 8.44. The van der Waals surface area contributed by atoms with Crippen molar-refractivity contribution < 1.29 is 9.52 Å². The van der Waals surface area contributed by atoms with E-state index in [4.69, 9.17) is 4.42 Å². The third-order valence-corrected chi connectivity index (χ3v) is 3.73. The zero-order valence-electron chi connectivity index (χ0n) is 14.9. The van der Waals surface area contributed by atoms with Crippen LogP contribution in [0.1, 0.15) is 31.6 Å². The fourth-order valence-corrected chi connectivity index (χ4v) is 2.30. The summed E-state index contributed by atoms with van der Waals surface area (Å²) < 4.78 is 5.33. The molecule has 1 unspecified atom stereocenters. The van der Waals surface area contributed by atoms with Gasteiger partial charge in [0, 0.05) is 19.5 Å². The Balaban J connectivity index is 0.00000312. The third-order valence-electron chi connectivity index (χ3n) is 3.73. The van der Waals surface area contributed by atoms with Crippen molar-refractivity contribution in [2.24, 2.45) is 4.99 Å². The number of furan rings is 1. The van der Waals surface area contributed by atoms with Crippen molar-refractivity contribution in [3.8, 4) is 0 Å². The van der Waals surface area contributed by atoms with E-state index < -0.39 is 5.60 Å². The molecule has 0 bridgehead atoms. The van der Waals surface area contributed by atoms with Gasteiger partial charge in [-0.3, -0.25) is 0 Å². The van der Waals surface area contributed by atoms with Crippen LogP contribution in [0, 0.1) is 0 Å². The Morgan fingerprint density at radius 3 is 2.48 bits per heavy atom. The van der Waals surface area contributed by atoms with Gasteiger partial charge < -0.3 is 20.2 Å². The Labute approximate surface area is 167 Å².